The van der Waals surface area contributed by atoms with Crippen molar-refractivity contribution >= 4 is 46.6 Å². The van der Waals surface area contributed by atoms with Crippen molar-refractivity contribution in [3.8, 4) is 11.5 Å². The average Bonchev–Trinajstić information content (AvgIpc) is 3.32. The second-order valence-electron chi connectivity index (χ2n) is 8.37. The summed E-state index contributed by atoms with van der Waals surface area (Å²) < 4.78 is 10.7. The molecule has 1 saturated heterocycles. The van der Waals surface area contributed by atoms with Crippen molar-refractivity contribution in [1.29, 1.82) is 0 Å². The summed E-state index contributed by atoms with van der Waals surface area (Å²) in [7, 11) is 3.10. The van der Waals surface area contributed by atoms with Crippen LogP contribution in [0.3, 0.4) is 0 Å². The number of carbonyl (C=O) groups excluding carboxylic acids is 2. The molecule has 0 saturated carbocycles. The van der Waals surface area contributed by atoms with Gasteiger partial charge < -0.3 is 20.1 Å². The second kappa shape index (κ2) is 9.44. The monoisotopic (exact) mass is 489 g/mol. The predicted octanol–water partition coefficient (Wildman–Crippen LogP) is 4.18. The Balaban J connectivity index is 1.75. The van der Waals surface area contributed by atoms with Gasteiger partial charge in [0.2, 0.25) is 11.8 Å². The van der Waals surface area contributed by atoms with Crippen LogP contribution in [0.25, 0.3) is 0 Å². The Morgan fingerprint density at radius 3 is 2.76 bits per heavy atom. The number of benzene rings is 2. The fourth-order valence-corrected chi connectivity index (χ4v) is 5.66. The number of fused-ring (bicyclic) bond motifs is 2. The number of hydrogen-bond acceptors (Lipinski definition) is 6. The van der Waals surface area contributed by atoms with E-state index in [-0.39, 0.29) is 17.9 Å². The molecule has 0 unspecified atom stereocenters. The number of aryl methyl sites for hydroxylation is 1. The van der Waals surface area contributed by atoms with Gasteiger partial charge in [-0.15, -0.1) is 0 Å². The van der Waals surface area contributed by atoms with Crippen molar-refractivity contribution in [2.75, 3.05) is 36.9 Å². The van der Waals surface area contributed by atoms with E-state index in [9.17, 15) is 9.59 Å². The largest absolute Gasteiger partial charge is 0.497 e. The number of ether oxygens (including phenoxy) is 2. The number of methoxy groups -OCH3 is 2. The number of amides is 2. The van der Waals surface area contributed by atoms with Crippen LogP contribution in [0.5, 0.6) is 11.5 Å². The summed E-state index contributed by atoms with van der Waals surface area (Å²) in [5, 5.41) is 10.0. The lowest BCUT2D eigenvalue weighted by Crippen LogP contribution is -2.52. The van der Waals surface area contributed by atoms with Gasteiger partial charge in [-0.05, 0) is 61.6 Å². The molecule has 3 N–H and O–H groups in total. The molecule has 2 aromatic rings. The molecule has 2 aliphatic heterocycles. The van der Waals surface area contributed by atoms with Gasteiger partial charge in [0.25, 0.3) is 0 Å². The van der Waals surface area contributed by atoms with E-state index in [0.717, 1.165) is 29.0 Å². The molecule has 0 aromatic heterocycles. The Hall–Kier alpha value is -2.42. The maximum Gasteiger partial charge on any atom is 0.250 e. The summed E-state index contributed by atoms with van der Waals surface area (Å²) in [5.74, 6) is 0.898. The number of rotatable bonds is 7. The quantitative estimate of drug-likeness (QED) is 0.540. The Bertz CT molecular complexity index is 1100. The number of carbonyl (C=O) groups is 2. The first-order valence-corrected chi connectivity index (χ1v) is 12.5. The highest BCUT2D eigenvalue weighted by Crippen LogP contribution is 2.49. The van der Waals surface area contributed by atoms with Gasteiger partial charge in [0.05, 0.1) is 25.8 Å². The first-order chi connectivity index (χ1) is 15.8. The molecule has 0 radical (unpaired) electrons. The van der Waals surface area contributed by atoms with Gasteiger partial charge in [0, 0.05) is 28.4 Å². The number of anilines is 2. The van der Waals surface area contributed by atoms with E-state index in [1.165, 1.54) is 0 Å². The molecule has 2 aliphatic rings. The summed E-state index contributed by atoms with van der Waals surface area (Å²) in [6.07, 6.45) is 3.42. The van der Waals surface area contributed by atoms with Gasteiger partial charge in [0.15, 0.2) is 0 Å². The van der Waals surface area contributed by atoms with Crippen molar-refractivity contribution < 1.29 is 19.1 Å². The lowest BCUT2D eigenvalue weighted by molar-refractivity contribution is -0.130. The molecule has 9 heteroatoms. The van der Waals surface area contributed by atoms with E-state index >= 15 is 0 Å². The lowest BCUT2D eigenvalue weighted by atomic mass is 9.79. The fourth-order valence-electron chi connectivity index (χ4n) is 4.87. The Labute approximate surface area is 202 Å². The molecule has 3 atom stereocenters. The standard InChI is InChI=1S/C24H28ClN3O4S/c1-13-9-14(25)10-17-21(13)27-23(30)24(17)18(11-15(28-24)7-8-33-4)22(29)26-19-12-16(31-2)5-6-20(19)32-3/h5-6,9-10,12,15,18,28H,7-8,11H2,1-4H3,(H,26,29)(H,27,30)/t15-,18-,24+/m0/s1. The minimum Gasteiger partial charge on any atom is -0.497 e. The number of nitrogens with one attached hydrogen (secondary N) is 3. The molecule has 4 rings (SSSR count). The van der Waals surface area contributed by atoms with Crippen molar-refractivity contribution in [2.45, 2.75) is 31.3 Å². The molecule has 0 aliphatic carbocycles. The third-order valence-electron chi connectivity index (χ3n) is 6.45. The molecule has 2 amide bonds. The summed E-state index contributed by atoms with van der Waals surface area (Å²) in [6.45, 7) is 1.90. The molecular formula is C24H28ClN3O4S. The molecule has 2 heterocycles. The fraction of sp³-hybridized carbons (Fsp3) is 0.417. The Morgan fingerprint density at radius 1 is 1.27 bits per heavy atom. The van der Waals surface area contributed by atoms with Crippen molar-refractivity contribution in [2.24, 2.45) is 5.92 Å². The van der Waals surface area contributed by atoms with Gasteiger partial charge in [0.1, 0.15) is 17.0 Å². The normalized spacial score (nSPS) is 23.4. The Morgan fingerprint density at radius 2 is 2.06 bits per heavy atom. The molecule has 7 nitrogen and oxygen atoms in total. The summed E-state index contributed by atoms with van der Waals surface area (Å²) in [5.41, 5.74) is 1.61. The van der Waals surface area contributed by atoms with Crippen LogP contribution in [0.2, 0.25) is 5.02 Å². The predicted molar refractivity (Wildman–Crippen MR) is 133 cm³/mol. The minimum atomic E-state index is -1.19. The highest BCUT2D eigenvalue weighted by Gasteiger charge is 2.60. The third kappa shape index (κ3) is 4.16. The van der Waals surface area contributed by atoms with E-state index < -0.39 is 11.5 Å². The minimum absolute atomic E-state index is 0.0105. The van der Waals surface area contributed by atoms with Gasteiger partial charge in [-0.1, -0.05) is 11.6 Å². The highest BCUT2D eigenvalue weighted by molar-refractivity contribution is 7.98. The zero-order valence-electron chi connectivity index (χ0n) is 19.1. The summed E-state index contributed by atoms with van der Waals surface area (Å²) in [6, 6.07) is 8.82. The van der Waals surface area contributed by atoms with E-state index in [1.807, 2.05) is 19.2 Å². The zero-order valence-corrected chi connectivity index (χ0v) is 20.7. The van der Waals surface area contributed by atoms with E-state index in [1.54, 1.807) is 50.2 Å². The number of halogens is 1. The topological polar surface area (TPSA) is 88.7 Å². The molecule has 1 spiro atoms. The van der Waals surface area contributed by atoms with Crippen LogP contribution >= 0.6 is 23.4 Å². The zero-order chi connectivity index (χ0) is 23.8. The second-order valence-corrected chi connectivity index (χ2v) is 9.80. The number of thioether (sulfide) groups is 1. The van der Waals surface area contributed by atoms with Crippen LogP contribution < -0.4 is 25.4 Å². The van der Waals surface area contributed by atoms with Crippen LogP contribution in [-0.2, 0) is 15.1 Å². The van der Waals surface area contributed by atoms with E-state index in [4.69, 9.17) is 21.1 Å². The summed E-state index contributed by atoms with van der Waals surface area (Å²) >= 11 is 8.13. The Kier molecular flexibility index (Phi) is 6.79. The van der Waals surface area contributed by atoms with Crippen LogP contribution in [0.4, 0.5) is 11.4 Å². The van der Waals surface area contributed by atoms with Crippen LogP contribution in [-0.4, -0.2) is 44.1 Å². The van der Waals surface area contributed by atoms with Gasteiger partial charge in [-0.2, -0.15) is 11.8 Å². The lowest BCUT2D eigenvalue weighted by Gasteiger charge is -2.29. The summed E-state index contributed by atoms with van der Waals surface area (Å²) in [4.78, 5) is 27.2. The van der Waals surface area contributed by atoms with Crippen molar-refractivity contribution in [3.63, 3.8) is 0 Å². The first kappa shape index (κ1) is 23.7. The maximum absolute atomic E-state index is 13.7. The van der Waals surface area contributed by atoms with Crippen LogP contribution in [0.15, 0.2) is 30.3 Å². The third-order valence-corrected chi connectivity index (χ3v) is 7.31. The van der Waals surface area contributed by atoms with Crippen molar-refractivity contribution in [3.05, 3.63) is 46.5 Å². The molecule has 2 aromatic carbocycles. The first-order valence-electron chi connectivity index (χ1n) is 10.8. The molecular weight excluding hydrogens is 462 g/mol. The van der Waals surface area contributed by atoms with Crippen LogP contribution in [0.1, 0.15) is 24.0 Å². The highest BCUT2D eigenvalue weighted by atomic mass is 35.5. The van der Waals surface area contributed by atoms with Crippen molar-refractivity contribution in [1.82, 2.24) is 5.32 Å². The SMILES string of the molecule is COc1ccc(OC)c(NC(=O)[C@@H]2C[C@H](CCSC)N[C@@]23C(=O)Nc2c(C)cc(Cl)cc23)c1. The number of hydrogen-bond donors (Lipinski definition) is 3. The molecule has 33 heavy (non-hydrogen) atoms. The maximum atomic E-state index is 13.7. The van der Waals surface area contributed by atoms with E-state index in [2.05, 4.69) is 16.0 Å². The molecule has 176 valence electrons. The smallest absolute Gasteiger partial charge is 0.250 e. The van der Waals surface area contributed by atoms with Gasteiger partial charge in [-0.3, -0.25) is 14.9 Å². The van der Waals surface area contributed by atoms with Gasteiger partial charge in [-0.25, -0.2) is 0 Å². The average molecular weight is 490 g/mol. The molecule has 0 bridgehead atoms. The van der Waals surface area contributed by atoms with E-state index in [0.29, 0.717) is 28.6 Å². The molecule has 1 fully saturated rings. The van der Waals surface area contributed by atoms with Crippen LogP contribution in [0, 0.1) is 12.8 Å². The van der Waals surface area contributed by atoms with Gasteiger partial charge >= 0.3 is 0 Å².